The Bertz CT molecular complexity index is 961. The fourth-order valence-corrected chi connectivity index (χ4v) is 2.22. The number of benzene rings is 1. The van der Waals surface area contributed by atoms with Crippen molar-refractivity contribution in [2.75, 3.05) is 0 Å². The lowest BCUT2D eigenvalue weighted by molar-refractivity contribution is -0.274. The standard InChI is InChI=1S/C17H10F3N3O3/c18-17(19,20)26-14-7-2-1-4-10(14)11-5-3-6-12(22-11)13-8-9-21-15(23-13)16(24)25/h1-9H,(H,24,25). The van der Waals surface area contributed by atoms with Gasteiger partial charge in [0.15, 0.2) is 0 Å². The molecule has 0 aliphatic rings. The summed E-state index contributed by atoms with van der Waals surface area (Å²) in [6, 6.07) is 11.7. The van der Waals surface area contributed by atoms with Gasteiger partial charge in [0.25, 0.3) is 0 Å². The Morgan fingerprint density at radius 1 is 0.923 bits per heavy atom. The van der Waals surface area contributed by atoms with Crippen molar-refractivity contribution in [1.82, 2.24) is 15.0 Å². The second kappa shape index (κ2) is 6.79. The highest BCUT2D eigenvalue weighted by Crippen LogP contribution is 2.33. The Morgan fingerprint density at radius 3 is 2.35 bits per heavy atom. The van der Waals surface area contributed by atoms with E-state index in [0.717, 1.165) is 0 Å². The van der Waals surface area contributed by atoms with Crippen molar-refractivity contribution in [2.45, 2.75) is 6.36 Å². The zero-order valence-corrected chi connectivity index (χ0v) is 12.9. The van der Waals surface area contributed by atoms with E-state index in [4.69, 9.17) is 5.11 Å². The van der Waals surface area contributed by atoms with Crippen LogP contribution in [0, 0.1) is 0 Å². The topological polar surface area (TPSA) is 85.2 Å². The molecule has 132 valence electrons. The number of para-hydroxylation sites is 1. The van der Waals surface area contributed by atoms with Gasteiger partial charge in [-0.15, -0.1) is 13.2 Å². The van der Waals surface area contributed by atoms with Crippen molar-refractivity contribution in [1.29, 1.82) is 0 Å². The van der Waals surface area contributed by atoms with Crippen LogP contribution >= 0.6 is 0 Å². The first-order chi connectivity index (χ1) is 12.3. The summed E-state index contributed by atoms with van der Waals surface area (Å²) < 4.78 is 41.8. The summed E-state index contributed by atoms with van der Waals surface area (Å²) in [7, 11) is 0. The molecule has 2 aromatic heterocycles. The number of ether oxygens (including phenoxy) is 1. The Kier molecular flexibility index (Phi) is 4.53. The van der Waals surface area contributed by atoms with Crippen molar-refractivity contribution in [3.05, 3.63) is 60.6 Å². The fourth-order valence-electron chi connectivity index (χ4n) is 2.22. The van der Waals surface area contributed by atoms with Gasteiger partial charge in [-0.2, -0.15) is 0 Å². The first-order valence-electron chi connectivity index (χ1n) is 7.22. The van der Waals surface area contributed by atoms with Crippen molar-refractivity contribution in [2.24, 2.45) is 0 Å². The van der Waals surface area contributed by atoms with Gasteiger partial charge >= 0.3 is 12.3 Å². The molecule has 0 amide bonds. The average molecular weight is 361 g/mol. The van der Waals surface area contributed by atoms with Crippen LogP contribution in [0.3, 0.4) is 0 Å². The number of alkyl halides is 3. The molecule has 0 saturated heterocycles. The minimum Gasteiger partial charge on any atom is -0.475 e. The van der Waals surface area contributed by atoms with Crippen molar-refractivity contribution in [3.63, 3.8) is 0 Å². The maximum atomic E-state index is 12.6. The zero-order chi connectivity index (χ0) is 18.7. The van der Waals surface area contributed by atoms with E-state index in [1.165, 1.54) is 36.5 Å². The van der Waals surface area contributed by atoms with Crippen LogP contribution in [0.2, 0.25) is 0 Å². The third kappa shape index (κ3) is 3.94. The lowest BCUT2D eigenvalue weighted by Crippen LogP contribution is -2.17. The van der Waals surface area contributed by atoms with E-state index >= 15 is 0 Å². The van der Waals surface area contributed by atoms with Gasteiger partial charge < -0.3 is 9.84 Å². The molecule has 26 heavy (non-hydrogen) atoms. The maximum Gasteiger partial charge on any atom is 0.573 e. The highest BCUT2D eigenvalue weighted by atomic mass is 19.4. The van der Waals surface area contributed by atoms with Gasteiger partial charge in [-0.05, 0) is 30.3 Å². The van der Waals surface area contributed by atoms with Crippen LogP contribution < -0.4 is 4.74 Å². The minimum absolute atomic E-state index is 0.138. The second-order valence-electron chi connectivity index (χ2n) is 5.02. The summed E-state index contributed by atoms with van der Waals surface area (Å²) in [5.74, 6) is -2.10. The highest BCUT2D eigenvalue weighted by Gasteiger charge is 2.32. The van der Waals surface area contributed by atoms with Gasteiger partial charge in [0.2, 0.25) is 5.82 Å². The maximum absolute atomic E-state index is 12.6. The molecule has 0 unspecified atom stereocenters. The average Bonchev–Trinajstić information content (AvgIpc) is 2.61. The number of nitrogens with zero attached hydrogens (tertiary/aromatic N) is 3. The molecule has 6 nitrogen and oxygen atoms in total. The fraction of sp³-hybridized carbons (Fsp3) is 0.0588. The number of carbonyl (C=O) groups is 1. The van der Waals surface area contributed by atoms with Crippen LogP contribution in [0.4, 0.5) is 13.2 Å². The summed E-state index contributed by atoms with van der Waals surface area (Å²) in [5, 5.41) is 8.96. The molecule has 0 spiro atoms. The number of carboxylic acid groups (broad SMARTS) is 1. The monoisotopic (exact) mass is 361 g/mol. The molecule has 0 aliphatic heterocycles. The number of hydrogen-bond acceptors (Lipinski definition) is 5. The van der Waals surface area contributed by atoms with Crippen molar-refractivity contribution >= 4 is 5.97 Å². The molecule has 3 aromatic rings. The van der Waals surface area contributed by atoms with E-state index in [1.807, 2.05) is 0 Å². The van der Waals surface area contributed by atoms with Gasteiger partial charge in [0, 0.05) is 11.8 Å². The Morgan fingerprint density at radius 2 is 1.62 bits per heavy atom. The molecular formula is C17H10F3N3O3. The highest BCUT2D eigenvalue weighted by molar-refractivity contribution is 5.83. The summed E-state index contributed by atoms with van der Waals surface area (Å²) in [5.41, 5.74) is 0.875. The SMILES string of the molecule is O=C(O)c1nccc(-c2cccc(-c3ccccc3OC(F)(F)F)n2)n1. The zero-order valence-electron chi connectivity index (χ0n) is 12.9. The predicted octanol–water partition coefficient (Wildman–Crippen LogP) is 3.80. The summed E-state index contributed by atoms with van der Waals surface area (Å²) >= 11 is 0. The van der Waals surface area contributed by atoms with Crippen molar-refractivity contribution in [3.8, 4) is 28.4 Å². The second-order valence-corrected chi connectivity index (χ2v) is 5.02. The first kappa shape index (κ1) is 17.3. The molecule has 1 N–H and O–H groups in total. The van der Waals surface area contributed by atoms with Crippen LogP contribution in [0.15, 0.2) is 54.7 Å². The van der Waals surface area contributed by atoms with E-state index in [9.17, 15) is 18.0 Å². The van der Waals surface area contributed by atoms with Crippen LogP contribution in [0.1, 0.15) is 10.6 Å². The summed E-state index contributed by atoms with van der Waals surface area (Å²) in [4.78, 5) is 22.7. The number of hydrogen-bond donors (Lipinski definition) is 1. The molecule has 0 bridgehead atoms. The Balaban J connectivity index is 2.04. The first-order valence-corrected chi connectivity index (χ1v) is 7.22. The van der Waals surface area contributed by atoms with E-state index in [1.54, 1.807) is 18.2 Å². The van der Waals surface area contributed by atoms with Gasteiger partial charge in [0.05, 0.1) is 17.1 Å². The quantitative estimate of drug-likeness (QED) is 0.761. The van der Waals surface area contributed by atoms with Gasteiger partial charge in [-0.3, -0.25) is 0 Å². The molecule has 0 radical (unpaired) electrons. The number of aromatic carboxylic acids is 1. The number of pyridine rings is 1. The number of aromatic nitrogens is 3. The molecule has 1 aromatic carbocycles. The molecule has 9 heteroatoms. The van der Waals surface area contributed by atoms with E-state index in [0.29, 0.717) is 0 Å². The molecule has 0 fully saturated rings. The van der Waals surface area contributed by atoms with Crippen molar-refractivity contribution < 1.29 is 27.8 Å². The smallest absolute Gasteiger partial charge is 0.475 e. The Labute approximate surface area is 145 Å². The van der Waals surface area contributed by atoms with Crippen LogP contribution in [-0.4, -0.2) is 32.4 Å². The lowest BCUT2D eigenvalue weighted by Gasteiger charge is -2.13. The van der Waals surface area contributed by atoms with Crippen LogP contribution in [0.5, 0.6) is 5.75 Å². The molecular weight excluding hydrogens is 351 g/mol. The molecule has 3 rings (SSSR count). The predicted molar refractivity (Wildman–Crippen MR) is 84.3 cm³/mol. The summed E-state index contributed by atoms with van der Waals surface area (Å²) in [6.45, 7) is 0. The van der Waals surface area contributed by atoms with Gasteiger partial charge in [-0.1, -0.05) is 18.2 Å². The minimum atomic E-state index is -4.84. The van der Waals surface area contributed by atoms with E-state index in [-0.39, 0.29) is 22.6 Å². The molecule has 2 heterocycles. The number of halogens is 3. The number of carboxylic acids is 1. The molecule has 0 aliphatic carbocycles. The normalized spacial score (nSPS) is 11.2. The van der Waals surface area contributed by atoms with Crippen LogP contribution in [-0.2, 0) is 0 Å². The van der Waals surface area contributed by atoms with Crippen LogP contribution in [0.25, 0.3) is 22.6 Å². The summed E-state index contributed by atoms with van der Waals surface area (Å²) in [6.07, 6.45) is -3.57. The number of rotatable bonds is 4. The third-order valence-electron chi connectivity index (χ3n) is 3.25. The molecule has 0 saturated carbocycles. The third-order valence-corrected chi connectivity index (χ3v) is 3.25. The van der Waals surface area contributed by atoms with Gasteiger partial charge in [-0.25, -0.2) is 19.7 Å². The van der Waals surface area contributed by atoms with E-state index < -0.39 is 23.9 Å². The molecule has 0 atom stereocenters. The largest absolute Gasteiger partial charge is 0.573 e. The van der Waals surface area contributed by atoms with Gasteiger partial charge in [0.1, 0.15) is 5.75 Å². The van der Waals surface area contributed by atoms with E-state index in [2.05, 4.69) is 19.7 Å². The lowest BCUT2D eigenvalue weighted by atomic mass is 10.1. The Hall–Kier alpha value is -3.49.